The molecule has 0 aliphatic carbocycles. The van der Waals surface area contributed by atoms with Gasteiger partial charge in [-0.1, -0.05) is 53.7 Å². The fraction of sp³-hybridized carbons (Fsp3) is 0.0625. The summed E-state index contributed by atoms with van der Waals surface area (Å²) in [6.45, 7) is 0. The molecule has 22 heavy (non-hydrogen) atoms. The van der Waals surface area contributed by atoms with E-state index in [1.54, 1.807) is 0 Å². The van der Waals surface area contributed by atoms with Crippen LogP contribution in [0.2, 0.25) is 5.15 Å². The second kappa shape index (κ2) is 6.77. The molecule has 4 nitrogen and oxygen atoms in total. The van der Waals surface area contributed by atoms with Gasteiger partial charge in [0.25, 0.3) is 0 Å². The topological polar surface area (TPSA) is 64.7 Å². The number of rotatable bonds is 4. The zero-order valence-electron chi connectivity index (χ0n) is 11.6. The summed E-state index contributed by atoms with van der Waals surface area (Å²) in [6, 6.07) is 15.8. The number of anilines is 1. The molecule has 110 valence electrons. The molecule has 2 aromatic heterocycles. The molecular formula is C16H13ClN4S. The summed E-state index contributed by atoms with van der Waals surface area (Å²) in [7, 11) is 0. The van der Waals surface area contributed by atoms with Crippen LogP contribution in [0.5, 0.6) is 0 Å². The fourth-order valence-electron chi connectivity index (χ4n) is 1.98. The molecule has 0 spiro atoms. The highest BCUT2D eigenvalue weighted by Gasteiger charge is 2.05. The Kier molecular flexibility index (Phi) is 4.56. The minimum atomic E-state index is 0.348. The van der Waals surface area contributed by atoms with Gasteiger partial charge < -0.3 is 5.73 Å². The maximum absolute atomic E-state index is 5.88. The van der Waals surface area contributed by atoms with Gasteiger partial charge in [0, 0.05) is 18.0 Å². The van der Waals surface area contributed by atoms with Crippen LogP contribution >= 0.6 is 23.4 Å². The SMILES string of the molecule is Nc1cc(Cl)nc(SCc2cc(-c3ccccc3)ccn2)n1. The van der Waals surface area contributed by atoms with Gasteiger partial charge in [-0.3, -0.25) is 4.98 Å². The van der Waals surface area contributed by atoms with Crippen LogP contribution in [-0.2, 0) is 5.75 Å². The number of pyridine rings is 1. The van der Waals surface area contributed by atoms with E-state index in [9.17, 15) is 0 Å². The minimum Gasteiger partial charge on any atom is -0.384 e. The Balaban J connectivity index is 1.76. The van der Waals surface area contributed by atoms with E-state index in [2.05, 4.69) is 33.2 Å². The van der Waals surface area contributed by atoms with Gasteiger partial charge in [0.05, 0.1) is 5.69 Å². The first-order valence-corrected chi connectivity index (χ1v) is 8.00. The molecule has 0 aliphatic rings. The van der Waals surface area contributed by atoms with E-state index in [-0.39, 0.29) is 0 Å². The standard InChI is InChI=1S/C16H13ClN4S/c17-14-9-15(18)21-16(20-14)22-10-13-8-12(6-7-19-13)11-4-2-1-3-5-11/h1-9H,10H2,(H2,18,20,21). The van der Waals surface area contributed by atoms with Gasteiger partial charge in [-0.2, -0.15) is 0 Å². The molecule has 0 aliphatic heterocycles. The fourth-order valence-corrected chi connectivity index (χ4v) is 2.99. The first-order chi connectivity index (χ1) is 10.7. The molecule has 1 aromatic carbocycles. The summed E-state index contributed by atoms with van der Waals surface area (Å²) in [6.07, 6.45) is 1.81. The van der Waals surface area contributed by atoms with Crippen LogP contribution in [0.15, 0.2) is 59.9 Å². The largest absolute Gasteiger partial charge is 0.384 e. The normalized spacial score (nSPS) is 10.6. The first-order valence-electron chi connectivity index (χ1n) is 6.64. The van der Waals surface area contributed by atoms with Crippen LogP contribution in [0.3, 0.4) is 0 Å². The molecule has 0 radical (unpaired) electrons. The van der Waals surface area contributed by atoms with E-state index in [1.165, 1.54) is 23.4 Å². The van der Waals surface area contributed by atoms with Crippen molar-refractivity contribution in [1.82, 2.24) is 15.0 Å². The highest BCUT2D eigenvalue weighted by Crippen LogP contribution is 2.24. The van der Waals surface area contributed by atoms with E-state index >= 15 is 0 Å². The number of nitrogen functional groups attached to an aromatic ring is 1. The zero-order chi connectivity index (χ0) is 15.4. The third-order valence-corrected chi connectivity index (χ3v) is 4.04. The summed E-state index contributed by atoms with van der Waals surface area (Å²) < 4.78 is 0. The Morgan fingerprint density at radius 1 is 1.00 bits per heavy atom. The number of hydrogen-bond donors (Lipinski definition) is 1. The lowest BCUT2D eigenvalue weighted by Crippen LogP contribution is -1.95. The van der Waals surface area contributed by atoms with Crippen molar-refractivity contribution in [3.05, 3.63) is 65.6 Å². The smallest absolute Gasteiger partial charge is 0.191 e. The zero-order valence-corrected chi connectivity index (χ0v) is 13.2. The number of thioether (sulfide) groups is 1. The number of benzene rings is 1. The molecule has 2 heterocycles. The number of hydrogen-bond acceptors (Lipinski definition) is 5. The maximum Gasteiger partial charge on any atom is 0.191 e. The van der Waals surface area contributed by atoms with E-state index < -0.39 is 0 Å². The third kappa shape index (κ3) is 3.75. The highest BCUT2D eigenvalue weighted by atomic mass is 35.5. The number of nitrogens with zero attached hydrogens (tertiary/aromatic N) is 3. The Morgan fingerprint density at radius 3 is 2.59 bits per heavy atom. The predicted octanol–water partition coefficient (Wildman–Crippen LogP) is 4.07. The number of nitrogens with two attached hydrogens (primary N) is 1. The van der Waals surface area contributed by atoms with Gasteiger partial charge in [0.1, 0.15) is 11.0 Å². The predicted molar refractivity (Wildman–Crippen MR) is 90.7 cm³/mol. The highest BCUT2D eigenvalue weighted by molar-refractivity contribution is 7.98. The van der Waals surface area contributed by atoms with E-state index in [0.29, 0.717) is 21.9 Å². The summed E-state index contributed by atoms with van der Waals surface area (Å²) in [5.74, 6) is 1.02. The van der Waals surface area contributed by atoms with Crippen molar-refractivity contribution in [2.75, 3.05) is 5.73 Å². The van der Waals surface area contributed by atoms with Gasteiger partial charge in [-0.15, -0.1) is 0 Å². The molecule has 0 amide bonds. The van der Waals surface area contributed by atoms with Gasteiger partial charge in [0.15, 0.2) is 5.16 Å². The van der Waals surface area contributed by atoms with E-state index in [1.807, 2.05) is 30.5 Å². The second-order valence-electron chi connectivity index (χ2n) is 4.59. The maximum atomic E-state index is 5.88. The Morgan fingerprint density at radius 2 is 1.82 bits per heavy atom. The average molecular weight is 329 g/mol. The van der Waals surface area contributed by atoms with Gasteiger partial charge in [-0.25, -0.2) is 9.97 Å². The lowest BCUT2D eigenvalue weighted by molar-refractivity contribution is 0.974. The van der Waals surface area contributed by atoms with Crippen LogP contribution in [0.1, 0.15) is 5.69 Å². The van der Waals surface area contributed by atoms with Crippen molar-refractivity contribution in [1.29, 1.82) is 0 Å². The Hall–Kier alpha value is -2.11. The van der Waals surface area contributed by atoms with Gasteiger partial charge >= 0.3 is 0 Å². The molecular weight excluding hydrogens is 316 g/mol. The van der Waals surface area contributed by atoms with Crippen LogP contribution < -0.4 is 5.73 Å². The summed E-state index contributed by atoms with van der Waals surface area (Å²) in [5, 5.41) is 0.901. The summed E-state index contributed by atoms with van der Waals surface area (Å²) in [5.41, 5.74) is 8.92. The van der Waals surface area contributed by atoms with E-state index in [0.717, 1.165) is 11.3 Å². The molecule has 0 saturated heterocycles. The minimum absolute atomic E-state index is 0.348. The van der Waals surface area contributed by atoms with Crippen molar-refractivity contribution in [2.45, 2.75) is 10.9 Å². The molecule has 0 fully saturated rings. The molecule has 0 atom stereocenters. The molecule has 6 heteroatoms. The van der Waals surface area contributed by atoms with Crippen LogP contribution in [0.25, 0.3) is 11.1 Å². The van der Waals surface area contributed by atoms with E-state index in [4.69, 9.17) is 17.3 Å². The first kappa shape index (κ1) is 14.8. The van der Waals surface area contributed by atoms with Crippen molar-refractivity contribution in [3.63, 3.8) is 0 Å². The molecule has 3 rings (SSSR count). The Labute approximate surface area is 137 Å². The third-order valence-electron chi connectivity index (χ3n) is 2.97. The molecule has 0 bridgehead atoms. The van der Waals surface area contributed by atoms with Crippen LogP contribution in [0, 0.1) is 0 Å². The van der Waals surface area contributed by atoms with Crippen molar-refractivity contribution < 1.29 is 0 Å². The van der Waals surface area contributed by atoms with Gasteiger partial charge in [0.2, 0.25) is 0 Å². The van der Waals surface area contributed by atoms with Gasteiger partial charge in [-0.05, 0) is 23.3 Å². The number of halogens is 1. The summed E-state index contributed by atoms with van der Waals surface area (Å²) >= 11 is 7.33. The average Bonchev–Trinajstić information content (AvgIpc) is 2.53. The molecule has 0 unspecified atom stereocenters. The van der Waals surface area contributed by atoms with Crippen LogP contribution in [0.4, 0.5) is 5.82 Å². The quantitative estimate of drug-likeness (QED) is 0.444. The lowest BCUT2D eigenvalue weighted by atomic mass is 10.1. The molecule has 3 aromatic rings. The number of aromatic nitrogens is 3. The van der Waals surface area contributed by atoms with Crippen molar-refractivity contribution >= 4 is 29.2 Å². The second-order valence-corrected chi connectivity index (χ2v) is 5.92. The van der Waals surface area contributed by atoms with Crippen molar-refractivity contribution in [3.8, 4) is 11.1 Å². The summed E-state index contributed by atoms with van der Waals surface area (Å²) in [4.78, 5) is 12.7. The lowest BCUT2D eigenvalue weighted by Gasteiger charge is -2.05. The Bertz CT molecular complexity index is 760. The molecule has 0 saturated carbocycles. The van der Waals surface area contributed by atoms with Crippen LogP contribution in [-0.4, -0.2) is 15.0 Å². The molecule has 2 N–H and O–H groups in total. The van der Waals surface area contributed by atoms with Crippen molar-refractivity contribution in [2.24, 2.45) is 0 Å². The monoisotopic (exact) mass is 328 g/mol.